The smallest absolute Gasteiger partial charge is 0.158 e. The van der Waals surface area contributed by atoms with Crippen molar-refractivity contribution in [1.82, 2.24) is 0 Å². The second kappa shape index (κ2) is 3.76. The number of Topliss-reactive ketones (excluding diaryl/α,β-unsaturated/α-hetero) is 1. The van der Waals surface area contributed by atoms with Crippen LogP contribution >= 0.6 is 0 Å². The molecule has 0 aromatic heterocycles. The minimum Gasteiger partial charge on any atom is -0.353 e. The number of hydrogen-bond donors (Lipinski definition) is 0. The SMILES string of the molecule is CCOC1C[C@@H]2C(=O)CC[C@@H]2CO1. The van der Waals surface area contributed by atoms with E-state index in [0.29, 0.717) is 24.9 Å². The Labute approximate surface area is 78.4 Å². The lowest BCUT2D eigenvalue weighted by Gasteiger charge is -2.30. The van der Waals surface area contributed by atoms with E-state index < -0.39 is 0 Å². The lowest BCUT2D eigenvalue weighted by atomic mass is 9.91. The van der Waals surface area contributed by atoms with Gasteiger partial charge < -0.3 is 9.47 Å². The highest BCUT2D eigenvalue weighted by atomic mass is 16.7. The summed E-state index contributed by atoms with van der Waals surface area (Å²) in [7, 11) is 0. The predicted octanol–water partition coefficient (Wildman–Crippen LogP) is 1.36. The zero-order valence-electron chi connectivity index (χ0n) is 7.99. The van der Waals surface area contributed by atoms with Crippen LogP contribution in [0.15, 0.2) is 0 Å². The molecule has 3 heteroatoms. The molecule has 1 saturated heterocycles. The first-order chi connectivity index (χ1) is 6.31. The number of fused-ring (bicyclic) bond motifs is 1. The van der Waals surface area contributed by atoms with Crippen LogP contribution in [0, 0.1) is 11.8 Å². The molecule has 2 aliphatic rings. The van der Waals surface area contributed by atoms with Crippen molar-refractivity contribution in [1.29, 1.82) is 0 Å². The Kier molecular flexibility index (Phi) is 2.65. The second-order valence-corrected chi connectivity index (χ2v) is 3.83. The van der Waals surface area contributed by atoms with Gasteiger partial charge in [0, 0.05) is 25.4 Å². The van der Waals surface area contributed by atoms with E-state index >= 15 is 0 Å². The summed E-state index contributed by atoms with van der Waals surface area (Å²) < 4.78 is 10.9. The van der Waals surface area contributed by atoms with Gasteiger partial charge in [-0.1, -0.05) is 0 Å². The molecular formula is C10H16O3. The molecule has 0 radical (unpaired) electrons. The monoisotopic (exact) mass is 184 g/mol. The molecule has 1 aliphatic carbocycles. The normalized spacial score (nSPS) is 39.2. The van der Waals surface area contributed by atoms with Crippen molar-refractivity contribution in [2.45, 2.75) is 32.5 Å². The van der Waals surface area contributed by atoms with Crippen LogP contribution in [0.5, 0.6) is 0 Å². The maximum absolute atomic E-state index is 11.4. The molecule has 1 saturated carbocycles. The Morgan fingerprint density at radius 1 is 1.62 bits per heavy atom. The molecule has 2 rings (SSSR count). The number of ketones is 1. The van der Waals surface area contributed by atoms with E-state index in [4.69, 9.17) is 9.47 Å². The van der Waals surface area contributed by atoms with E-state index in [1.165, 1.54) is 0 Å². The van der Waals surface area contributed by atoms with Gasteiger partial charge in [-0.15, -0.1) is 0 Å². The Hall–Kier alpha value is -0.410. The molecule has 0 N–H and O–H groups in total. The van der Waals surface area contributed by atoms with Gasteiger partial charge in [0.25, 0.3) is 0 Å². The molecule has 0 aromatic carbocycles. The van der Waals surface area contributed by atoms with Gasteiger partial charge in [-0.2, -0.15) is 0 Å². The average Bonchev–Trinajstić information content (AvgIpc) is 2.49. The number of carbonyl (C=O) groups is 1. The van der Waals surface area contributed by atoms with Crippen LogP contribution in [0.2, 0.25) is 0 Å². The molecule has 2 fully saturated rings. The Morgan fingerprint density at radius 3 is 3.23 bits per heavy atom. The van der Waals surface area contributed by atoms with Crippen molar-refractivity contribution in [3.63, 3.8) is 0 Å². The molecule has 3 atom stereocenters. The number of carbonyl (C=O) groups excluding carboxylic acids is 1. The van der Waals surface area contributed by atoms with Gasteiger partial charge in [-0.25, -0.2) is 0 Å². The van der Waals surface area contributed by atoms with Crippen LogP contribution in [0.25, 0.3) is 0 Å². The third kappa shape index (κ3) is 1.76. The fourth-order valence-electron chi connectivity index (χ4n) is 2.31. The minimum atomic E-state index is -0.131. The maximum atomic E-state index is 11.4. The average molecular weight is 184 g/mol. The van der Waals surface area contributed by atoms with Gasteiger partial charge in [-0.3, -0.25) is 4.79 Å². The summed E-state index contributed by atoms with van der Waals surface area (Å²) in [4.78, 5) is 11.4. The van der Waals surface area contributed by atoms with Crippen molar-refractivity contribution < 1.29 is 14.3 Å². The molecule has 0 bridgehead atoms. The first-order valence-corrected chi connectivity index (χ1v) is 5.07. The molecule has 1 heterocycles. The highest BCUT2D eigenvalue weighted by Gasteiger charge is 2.40. The standard InChI is InChI=1S/C10H16O3/c1-2-12-10-5-8-7(6-13-10)3-4-9(8)11/h7-8,10H,2-6H2,1H3/t7-,8+,10?/m1/s1. The Balaban J connectivity index is 1.94. The van der Waals surface area contributed by atoms with Crippen LogP contribution in [-0.2, 0) is 14.3 Å². The van der Waals surface area contributed by atoms with Crippen molar-refractivity contribution >= 4 is 5.78 Å². The number of rotatable bonds is 2. The van der Waals surface area contributed by atoms with Gasteiger partial charge in [-0.05, 0) is 19.3 Å². The summed E-state index contributed by atoms with van der Waals surface area (Å²) in [6, 6.07) is 0. The van der Waals surface area contributed by atoms with E-state index in [9.17, 15) is 4.79 Å². The Bertz CT molecular complexity index is 202. The summed E-state index contributed by atoms with van der Waals surface area (Å²) in [5.41, 5.74) is 0. The summed E-state index contributed by atoms with van der Waals surface area (Å²) in [6.45, 7) is 3.32. The molecule has 1 aliphatic heterocycles. The van der Waals surface area contributed by atoms with Crippen LogP contribution in [0.3, 0.4) is 0 Å². The predicted molar refractivity (Wildman–Crippen MR) is 47.2 cm³/mol. The van der Waals surface area contributed by atoms with Crippen molar-refractivity contribution in [2.24, 2.45) is 11.8 Å². The lowest BCUT2D eigenvalue weighted by Crippen LogP contribution is -2.34. The summed E-state index contributed by atoms with van der Waals surface area (Å²) in [6.07, 6.45) is 2.41. The van der Waals surface area contributed by atoms with Gasteiger partial charge in [0.2, 0.25) is 0 Å². The second-order valence-electron chi connectivity index (χ2n) is 3.83. The van der Waals surface area contributed by atoms with Crippen molar-refractivity contribution in [3.05, 3.63) is 0 Å². The van der Waals surface area contributed by atoms with Crippen molar-refractivity contribution in [3.8, 4) is 0 Å². The van der Waals surface area contributed by atoms with E-state index in [1.54, 1.807) is 0 Å². The third-order valence-corrected chi connectivity index (χ3v) is 3.04. The quantitative estimate of drug-likeness (QED) is 0.650. The van der Waals surface area contributed by atoms with Crippen molar-refractivity contribution in [2.75, 3.05) is 13.2 Å². The highest BCUT2D eigenvalue weighted by molar-refractivity contribution is 5.83. The van der Waals surface area contributed by atoms with Crippen LogP contribution in [0.4, 0.5) is 0 Å². The highest BCUT2D eigenvalue weighted by Crippen LogP contribution is 2.36. The molecule has 3 nitrogen and oxygen atoms in total. The minimum absolute atomic E-state index is 0.131. The topological polar surface area (TPSA) is 35.5 Å². The van der Waals surface area contributed by atoms with Crippen LogP contribution < -0.4 is 0 Å². The summed E-state index contributed by atoms with van der Waals surface area (Å²) >= 11 is 0. The molecule has 0 amide bonds. The zero-order chi connectivity index (χ0) is 9.26. The van der Waals surface area contributed by atoms with E-state index in [1.807, 2.05) is 6.92 Å². The lowest BCUT2D eigenvalue weighted by molar-refractivity contribution is -0.185. The molecular weight excluding hydrogens is 168 g/mol. The van der Waals surface area contributed by atoms with E-state index in [2.05, 4.69) is 0 Å². The van der Waals surface area contributed by atoms with Gasteiger partial charge in [0.1, 0.15) is 5.78 Å². The van der Waals surface area contributed by atoms with Crippen LogP contribution in [0.1, 0.15) is 26.2 Å². The van der Waals surface area contributed by atoms with Gasteiger partial charge in [0.05, 0.1) is 6.61 Å². The van der Waals surface area contributed by atoms with E-state index in [0.717, 1.165) is 19.3 Å². The first kappa shape index (κ1) is 9.16. The molecule has 13 heavy (non-hydrogen) atoms. The van der Waals surface area contributed by atoms with Gasteiger partial charge >= 0.3 is 0 Å². The Morgan fingerprint density at radius 2 is 2.46 bits per heavy atom. The third-order valence-electron chi connectivity index (χ3n) is 3.04. The fourth-order valence-corrected chi connectivity index (χ4v) is 2.31. The van der Waals surface area contributed by atoms with Crippen LogP contribution in [-0.4, -0.2) is 25.3 Å². The summed E-state index contributed by atoms with van der Waals surface area (Å²) in [5.74, 6) is 1.12. The maximum Gasteiger partial charge on any atom is 0.158 e. The van der Waals surface area contributed by atoms with E-state index in [-0.39, 0.29) is 12.2 Å². The zero-order valence-corrected chi connectivity index (χ0v) is 7.99. The molecule has 1 unspecified atom stereocenters. The molecule has 74 valence electrons. The first-order valence-electron chi connectivity index (χ1n) is 5.07. The number of hydrogen-bond acceptors (Lipinski definition) is 3. The molecule has 0 spiro atoms. The van der Waals surface area contributed by atoms with Gasteiger partial charge in [0.15, 0.2) is 6.29 Å². The largest absolute Gasteiger partial charge is 0.353 e. The molecule has 0 aromatic rings. The summed E-state index contributed by atoms with van der Waals surface area (Å²) in [5, 5.41) is 0. The number of ether oxygens (including phenoxy) is 2. The fraction of sp³-hybridized carbons (Fsp3) is 0.900.